The summed E-state index contributed by atoms with van der Waals surface area (Å²) in [5, 5.41) is 0. The van der Waals surface area contributed by atoms with E-state index in [0.29, 0.717) is 11.4 Å². The van der Waals surface area contributed by atoms with E-state index in [-0.39, 0.29) is 24.4 Å². The van der Waals surface area contributed by atoms with Crippen LogP contribution in [0.2, 0.25) is 0 Å². The number of esters is 2. The number of carbonyl (C=O) groups excluding carboxylic acids is 2. The van der Waals surface area contributed by atoms with E-state index >= 15 is 0 Å². The molecule has 0 fully saturated rings. The predicted molar refractivity (Wildman–Crippen MR) is 71.3 cm³/mol. The van der Waals surface area contributed by atoms with Crippen molar-refractivity contribution < 1.29 is 19.1 Å². The van der Waals surface area contributed by atoms with Gasteiger partial charge < -0.3 is 20.9 Å². The molecular formula is C13H16N2O4. The van der Waals surface area contributed by atoms with Crippen LogP contribution in [0, 0.1) is 0 Å². The van der Waals surface area contributed by atoms with E-state index in [2.05, 4.69) is 6.58 Å². The Balaban J connectivity index is 2.41. The summed E-state index contributed by atoms with van der Waals surface area (Å²) >= 11 is 0. The molecule has 0 aromatic heterocycles. The Morgan fingerprint density at radius 1 is 1.16 bits per heavy atom. The van der Waals surface area contributed by atoms with Crippen LogP contribution in [-0.4, -0.2) is 25.2 Å². The van der Waals surface area contributed by atoms with Crippen molar-refractivity contribution in [3.05, 3.63) is 35.9 Å². The number of benzene rings is 1. The molecular weight excluding hydrogens is 248 g/mol. The summed E-state index contributed by atoms with van der Waals surface area (Å²) in [7, 11) is 0. The second-order valence-corrected chi connectivity index (χ2v) is 3.90. The van der Waals surface area contributed by atoms with Crippen LogP contribution in [0.15, 0.2) is 30.4 Å². The topological polar surface area (TPSA) is 105 Å². The molecule has 102 valence electrons. The number of nitrogen functional groups attached to an aromatic ring is 2. The van der Waals surface area contributed by atoms with Crippen LogP contribution in [0.3, 0.4) is 0 Å². The fourth-order valence-electron chi connectivity index (χ4n) is 1.18. The molecule has 1 aromatic carbocycles. The molecule has 19 heavy (non-hydrogen) atoms. The molecule has 0 bridgehead atoms. The van der Waals surface area contributed by atoms with Gasteiger partial charge >= 0.3 is 11.9 Å². The molecule has 4 N–H and O–H groups in total. The molecule has 0 radical (unpaired) electrons. The van der Waals surface area contributed by atoms with Gasteiger partial charge in [0, 0.05) is 5.57 Å². The summed E-state index contributed by atoms with van der Waals surface area (Å²) in [6.07, 6.45) is 0. The predicted octanol–water partition coefficient (Wildman–Crippen LogP) is 1.13. The second-order valence-electron chi connectivity index (χ2n) is 3.90. The van der Waals surface area contributed by atoms with Crippen LogP contribution in [-0.2, 0) is 14.3 Å². The van der Waals surface area contributed by atoms with Gasteiger partial charge in [0.2, 0.25) is 0 Å². The molecule has 0 unspecified atom stereocenters. The van der Waals surface area contributed by atoms with Crippen LogP contribution in [0.4, 0.5) is 11.4 Å². The van der Waals surface area contributed by atoms with Gasteiger partial charge in [0.1, 0.15) is 13.2 Å². The minimum absolute atomic E-state index is 0.0259. The quantitative estimate of drug-likeness (QED) is 0.357. The molecule has 6 nitrogen and oxygen atoms in total. The van der Waals surface area contributed by atoms with Crippen molar-refractivity contribution in [3.63, 3.8) is 0 Å². The summed E-state index contributed by atoms with van der Waals surface area (Å²) in [4.78, 5) is 22.7. The molecule has 6 heteroatoms. The molecule has 0 saturated heterocycles. The lowest BCUT2D eigenvalue weighted by Crippen LogP contribution is -2.14. The maximum atomic E-state index is 11.6. The van der Waals surface area contributed by atoms with Crippen LogP contribution in [0.5, 0.6) is 0 Å². The van der Waals surface area contributed by atoms with E-state index in [1.165, 1.54) is 25.1 Å². The highest BCUT2D eigenvalue weighted by Crippen LogP contribution is 2.16. The fraction of sp³-hybridized carbons (Fsp3) is 0.231. The number of hydrogen-bond acceptors (Lipinski definition) is 6. The Kier molecular flexibility index (Phi) is 4.93. The Morgan fingerprint density at radius 2 is 1.79 bits per heavy atom. The highest BCUT2D eigenvalue weighted by atomic mass is 16.6. The van der Waals surface area contributed by atoms with Gasteiger partial charge in [0.05, 0.1) is 16.9 Å². The lowest BCUT2D eigenvalue weighted by Gasteiger charge is -2.07. The first kappa shape index (κ1) is 14.6. The van der Waals surface area contributed by atoms with Gasteiger partial charge in [-0.3, -0.25) is 0 Å². The van der Waals surface area contributed by atoms with Gasteiger partial charge in [0.25, 0.3) is 0 Å². The average molecular weight is 264 g/mol. The maximum absolute atomic E-state index is 11.6. The summed E-state index contributed by atoms with van der Waals surface area (Å²) < 4.78 is 9.68. The molecule has 0 aliphatic heterocycles. The highest BCUT2D eigenvalue weighted by Gasteiger charge is 2.09. The average Bonchev–Trinajstić information content (AvgIpc) is 2.37. The molecule has 0 aliphatic carbocycles. The van der Waals surface area contributed by atoms with Gasteiger partial charge in [-0.1, -0.05) is 6.58 Å². The van der Waals surface area contributed by atoms with Gasteiger partial charge in [-0.2, -0.15) is 0 Å². The summed E-state index contributed by atoms with van der Waals surface area (Å²) in [5.74, 6) is -1.08. The zero-order valence-corrected chi connectivity index (χ0v) is 10.6. The van der Waals surface area contributed by atoms with Crippen molar-refractivity contribution >= 4 is 23.3 Å². The van der Waals surface area contributed by atoms with Crippen molar-refractivity contribution in [2.24, 2.45) is 0 Å². The highest BCUT2D eigenvalue weighted by molar-refractivity contribution is 5.91. The molecule has 0 spiro atoms. The Hall–Kier alpha value is -2.50. The SMILES string of the molecule is C=C(C)C(=O)OCCOC(=O)c1ccc(N)c(N)c1. The first-order valence-electron chi connectivity index (χ1n) is 5.56. The standard InChI is InChI=1S/C13H16N2O4/c1-8(2)12(16)18-5-6-19-13(17)9-3-4-10(14)11(15)7-9/h3-4,7H,1,5-6,14-15H2,2H3. The molecule has 0 aliphatic rings. The number of ether oxygens (including phenoxy) is 2. The van der Waals surface area contributed by atoms with Crippen molar-refractivity contribution in [2.45, 2.75) is 6.92 Å². The van der Waals surface area contributed by atoms with Crippen LogP contribution in [0.1, 0.15) is 17.3 Å². The number of hydrogen-bond donors (Lipinski definition) is 2. The third-order valence-corrected chi connectivity index (χ3v) is 2.22. The molecule has 0 heterocycles. The smallest absolute Gasteiger partial charge is 0.338 e. The molecule has 1 aromatic rings. The minimum Gasteiger partial charge on any atom is -0.459 e. The fourth-order valence-corrected chi connectivity index (χ4v) is 1.18. The van der Waals surface area contributed by atoms with Crippen molar-refractivity contribution in [1.29, 1.82) is 0 Å². The van der Waals surface area contributed by atoms with E-state index in [4.69, 9.17) is 20.9 Å². The lowest BCUT2D eigenvalue weighted by atomic mass is 10.2. The molecule has 0 amide bonds. The minimum atomic E-state index is -0.557. The number of carbonyl (C=O) groups is 2. The van der Waals surface area contributed by atoms with E-state index in [1.807, 2.05) is 0 Å². The van der Waals surface area contributed by atoms with E-state index < -0.39 is 11.9 Å². The summed E-state index contributed by atoms with van der Waals surface area (Å²) in [6.45, 7) is 4.89. The number of nitrogens with two attached hydrogens (primary N) is 2. The monoisotopic (exact) mass is 264 g/mol. The zero-order valence-electron chi connectivity index (χ0n) is 10.6. The number of anilines is 2. The first-order chi connectivity index (χ1) is 8.91. The van der Waals surface area contributed by atoms with Gasteiger partial charge in [-0.25, -0.2) is 9.59 Å². The molecule has 1 rings (SSSR count). The third-order valence-electron chi connectivity index (χ3n) is 2.22. The molecule has 0 saturated carbocycles. The largest absolute Gasteiger partial charge is 0.459 e. The third kappa shape index (κ3) is 4.34. The Morgan fingerprint density at radius 3 is 2.37 bits per heavy atom. The second kappa shape index (κ2) is 6.44. The van der Waals surface area contributed by atoms with Crippen molar-refractivity contribution in [3.8, 4) is 0 Å². The summed E-state index contributed by atoms with van der Waals surface area (Å²) in [5.41, 5.74) is 12.4. The van der Waals surface area contributed by atoms with E-state index in [0.717, 1.165) is 0 Å². The number of rotatable bonds is 5. The first-order valence-corrected chi connectivity index (χ1v) is 5.56. The van der Waals surface area contributed by atoms with E-state index in [9.17, 15) is 9.59 Å². The van der Waals surface area contributed by atoms with Gasteiger partial charge in [-0.05, 0) is 25.1 Å². The van der Waals surface area contributed by atoms with Crippen molar-refractivity contribution in [2.75, 3.05) is 24.7 Å². The molecule has 0 atom stereocenters. The van der Waals surface area contributed by atoms with E-state index in [1.54, 1.807) is 0 Å². The van der Waals surface area contributed by atoms with Crippen LogP contribution >= 0.6 is 0 Å². The van der Waals surface area contributed by atoms with Gasteiger partial charge in [0.15, 0.2) is 0 Å². The summed E-state index contributed by atoms with van der Waals surface area (Å²) in [6, 6.07) is 4.46. The lowest BCUT2D eigenvalue weighted by molar-refractivity contribution is -0.140. The van der Waals surface area contributed by atoms with Gasteiger partial charge in [-0.15, -0.1) is 0 Å². The van der Waals surface area contributed by atoms with Crippen LogP contribution in [0.25, 0.3) is 0 Å². The Labute approximate surface area is 111 Å². The van der Waals surface area contributed by atoms with Crippen LogP contribution < -0.4 is 11.5 Å². The maximum Gasteiger partial charge on any atom is 0.338 e. The zero-order chi connectivity index (χ0) is 14.4. The normalized spacial score (nSPS) is 9.74. The van der Waals surface area contributed by atoms with Crippen molar-refractivity contribution in [1.82, 2.24) is 0 Å². The Bertz CT molecular complexity index is 511.